The van der Waals surface area contributed by atoms with Crippen LogP contribution in [-0.2, 0) is 14.3 Å². The number of benzene rings is 1. The Kier molecular flexibility index (Phi) is 5.17. The number of anilines is 1. The Morgan fingerprint density at radius 1 is 1.16 bits per heavy atom. The number of hydrogen-bond acceptors (Lipinski definition) is 8. The van der Waals surface area contributed by atoms with E-state index < -0.39 is 0 Å². The summed E-state index contributed by atoms with van der Waals surface area (Å²) in [6, 6.07) is 3.46. The van der Waals surface area contributed by atoms with Crippen LogP contribution in [0.25, 0.3) is 0 Å². The molecule has 0 bridgehead atoms. The zero-order valence-corrected chi connectivity index (χ0v) is 19.0. The molecular weight excluding hydrogens is 412 g/mol. The average Bonchev–Trinajstić information content (AvgIpc) is 3.23. The Bertz CT molecular complexity index is 1000. The number of piperidine rings is 1. The molecule has 5 unspecified atom stereocenters. The highest BCUT2D eigenvalue weighted by atomic mass is 16.7. The molecule has 5 rings (SSSR count). The van der Waals surface area contributed by atoms with Gasteiger partial charge in [0.2, 0.25) is 12.7 Å². The predicted octanol–water partition coefficient (Wildman–Crippen LogP) is 1.76. The lowest BCUT2D eigenvalue weighted by Crippen LogP contribution is -2.60. The van der Waals surface area contributed by atoms with Crippen molar-refractivity contribution < 1.29 is 23.7 Å². The van der Waals surface area contributed by atoms with Crippen LogP contribution in [0.15, 0.2) is 35.3 Å². The average molecular weight is 443 g/mol. The lowest BCUT2D eigenvalue weighted by Gasteiger charge is -2.48. The van der Waals surface area contributed by atoms with Crippen LogP contribution < -0.4 is 25.6 Å². The smallest absolute Gasteiger partial charge is 0.231 e. The second-order valence-electron chi connectivity index (χ2n) is 9.05. The molecule has 3 heterocycles. The van der Waals surface area contributed by atoms with Gasteiger partial charge < -0.3 is 34.6 Å². The summed E-state index contributed by atoms with van der Waals surface area (Å²) in [5, 5.41) is 3.27. The van der Waals surface area contributed by atoms with E-state index in [1.165, 1.54) is 0 Å². The molecule has 9 nitrogen and oxygen atoms in total. The van der Waals surface area contributed by atoms with Crippen molar-refractivity contribution in [1.82, 2.24) is 15.6 Å². The Hall–Kier alpha value is -2.91. The molecular formula is C23H30N4O5. The van der Waals surface area contributed by atoms with Gasteiger partial charge in [-0.15, -0.1) is 0 Å². The first kappa shape index (κ1) is 21.0. The van der Waals surface area contributed by atoms with Crippen LogP contribution in [0.3, 0.4) is 0 Å². The summed E-state index contributed by atoms with van der Waals surface area (Å²) in [7, 11) is 7.36. The summed E-state index contributed by atoms with van der Waals surface area (Å²) in [5.74, 6) is 2.43. The van der Waals surface area contributed by atoms with Gasteiger partial charge in [0.15, 0.2) is 17.3 Å². The monoisotopic (exact) mass is 442 g/mol. The lowest BCUT2D eigenvalue weighted by molar-refractivity contribution is -0.129. The third kappa shape index (κ3) is 3.18. The van der Waals surface area contributed by atoms with E-state index in [2.05, 4.69) is 28.0 Å². The third-order valence-electron chi connectivity index (χ3n) is 6.78. The number of ether oxygens (including phenoxy) is 4. The van der Waals surface area contributed by atoms with Crippen LogP contribution in [-0.4, -0.2) is 58.5 Å². The molecule has 0 radical (unpaired) electrons. The van der Waals surface area contributed by atoms with Crippen LogP contribution in [0.5, 0.6) is 11.5 Å². The Labute approximate surface area is 187 Å². The largest absolute Gasteiger partial charge is 0.497 e. The van der Waals surface area contributed by atoms with E-state index in [4.69, 9.17) is 18.9 Å². The molecule has 3 aliphatic heterocycles. The number of carbonyl (C=O) groups is 1. The lowest BCUT2D eigenvalue weighted by atomic mass is 9.67. The summed E-state index contributed by atoms with van der Waals surface area (Å²) >= 11 is 0. The van der Waals surface area contributed by atoms with Crippen molar-refractivity contribution in [3.63, 3.8) is 0 Å². The van der Waals surface area contributed by atoms with Gasteiger partial charge in [-0.2, -0.15) is 0 Å². The number of hydrogen-bond donors (Lipinski definition) is 3. The summed E-state index contributed by atoms with van der Waals surface area (Å²) in [6.45, 7) is 3.17. The molecule has 1 fully saturated rings. The first-order valence-corrected chi connectivity index (χ1v) is 10.9. The topological polar surface area (TPSA) is 93.3 Å². The zero-order valence-electron chi connectivity index (χ0n) is 19.0. The van der Waals surface area contributed by atoms with Crippen molar-refractivity contribution in [2.24, 2.45) is 17.8 Å². The Morgan fingerprint density at radius 3 is 2.59 bits per heavy atom. The van der Waals surface area contributed by atoms with E-state index >= 15 is 0 Å². The molecule has 4 aliphatic rings. The van der Waals surface area contributed by atoms with E-state index in [1.54, 1.807) is 14.2 Å². The molecule has 3 N–H and O–H groups in total. The van der Waals surface area contributed by atoms with Crippen molar-refractivity contribution in [2.45, 2.75) is 19.0 Å². The highest BCUT2D eigenvalue weighted by Crippen LogP contribution is 2.49. The SMILES string of the molecule is COC1=C(OC)C(C(C)CN(C)C)C2C(=O)NC3c4cc5c(cc4NNC3C2=C1)OCO5. The molecule has 0 aromatic heterocycles. The normalized spacial score (nSPS) is 28.7. The number of methoxy groups -OCH3 is 2. The first-order valence-electron chi connectivity index (χ1n) is 10.9. The molecule has 1 aromatic carbocycles. The molecule has 172 valence electrons. The predicted molar refractivity (Wildman–Crippen MR) is 118 cm³/mol. The van der Waals surface area contributed by atoms with E-state index in [0.29, 0.717) is 17.3 Å². The Balaban J connectivity index is 1.57. The van der Waals surface area contributed by atoms with Gasteiger partial charge >= 0.3 is 0 Å². The number of nitrogens with zero attached hydrogens (tertiary/aromatic N) is 1. The molecule has 1 aromatic rings. The van der Waals surface area contributed by atoms with Gasteiger partial charge in [-0.1, -0.05) is 6.92 Å². The molecule has 32 heavy (non-hydrogen) atoms. The minimum Gasteiger partial charge on any atom is -0.497 e. The van der Waals surface area contributed by atoms with Gasteiger partial charge in [0.05, 0.1) is 37.9 Å². The molecule has 1 saturated heterocycles. The number of allylic oxidation sites excluding steroid dienone is 2. The van der Waals surface area contributed by atoms with Crippen LogP contribution in [0.1, 0.15) is 18.5 Å². The van der Waals surface area contributed by atoms with Crippen molar-refractivity contribution >= 4 is 11.6 Å². The zero-order chi connectivity index (χ0) is 22.6. The Morgan fingerprint density at radius 2 is 1.91 bits per heavy atom. The van der Waals surface area contributed by atoms with E-state index in [1.807, 2.05) is 32.3 Å². The van der Waals surface area contributed by atoms with Crippen LogP contribution in [0.4, 0.5) is 5.69 Å². The van der Waals surface area contributed by atoms with Crippen molar-refractivity contribution in [2.75, 3.05) is 47.1 Å². The fraction of sp³-hybridized carbons (Fsp3) is 0.522. The highest BCUT2D eigenvalue weighted by Gasteiger charge is 2.51. The third-order valence-corrected chi connectivity index (χ3v) is 6.78. The summed E-state index contributed by atoms with van der Waals surface area (Å²) in [4.78, 5) is 15.7. The number of amides is 1. The summed E-state index contributed by atoms with van der Waals surface area (Å²) < 4.78 is 22.6. The number of rotatable bonds is 5. The summed E-state index contributed by atoms with van der Waals surface area (Å²) in [5.41, 5.74) is 9.52. The van der Waals surface area contributed by atoms with E-state index in [-0.39, 0.29) is 42.5 Å². The van der Waals surface area contributed by atoms with Gasteiger partial charge in [0.25, 0.3) is 0 Å². The van der Waals surface area contributed by atoms with Gasteiger partial charge in [-0.05, 0) is 37.7 Å². The number of fused-ring (bicyclic) bond motifs is 6. The number of nitrogens with one attached hydrogen (secondary N) is 3. The standard InChI is InChI=1S/C23H30N4O5/c1-11(9-27(2)3)18-19-13(7-17(29-4)22(18)30-5)21-20(24-23(19)28)12-6-15-16(32-10-31-15)8-14(12)25-26-21/h6-8,11,18-21,25-26H,9-10H2,1-5H3,(H,24,28). The maximum absolute atomic E-state index is 13.6. The highest BCUT2D eigenvalue weighted by molar-refractivity contribution is 5.86. The van der Waals surface area contributed by atoms with Crippen LogP contribution in [0.2, 0.25) is 0 Å². The molecule has 5 atom stereocenters. The van der Waals surface area contributed by atoms with Crippen LogP contribution >= 0.6 is 0 Å². The maximum Gasteiger partial charge on any atom is 0.231 e. The fourth-order valence-corrected chi connectivity index (χ4v) is 5.53. The fourth-order valence-electron chi connectivity index (χ4n) is 5.53. The van der Waals surface area contributed by atoms with Gasteiger partial charge in [-0.3, -0.25) is 4.79 Å². The molecule has 1 amide bonds. The van der Waals surface area contributed by atoms with Crippen molar-refractivity contribution in [3.05, 3.63) is 40.9 Å². The van der Waals surface area contributed by atoms with Gasteiger partial charge in [0.1, 0.15) is 5.76 Å². The second-order valence-corrected chi connectivity index (χ2v) is 9.05. The molecule has 0 saturated carbocycles. The number of carbonyl (C=O) groups excluding carboxylic acids is 1. The van der Waals surface area contributed by atoms with E-state index in [9.17, 15) is 4.79 Å². The molecule has 0 spiro atoms. The van der Waals surface area contributed by atoms with Crippen molar-refractivity contribution in [3.8, 4) is 11.5 Å². The summed E-state index contributed by atoms with van der Waals surface area (Å²) in [6.07, 6.45) is 1.96. The maximum atomic E-state index is 13.6. The van der Waals surface area contributed by atoms with E-state index in [0.717, 1.165) is 29.1 Å². The van der Waals surface area contributed by atoms with Crippen molar-refractivity contribution in [1.29, 1.82) is 0 Å². The number of hydrazine groups is 1. The molecule has 9 heteroatoms. The van der Waals surface area contributed by atoms with Gasteiger partial charge in [-0.25, -0.2) is 5.43 Å². The second kappa shape index (κ2) is 7.90. The quantitative estimate of drug-likeness (QED) is 0.635. The molecule has 1 aliphatic carbocycles. The minimum absolute atomic E-state index is 0.00914. The first-order chi connectivity index (χ1) is 15.4. The van der Waals surface area contributed by atoms with Crippen LogP contribution in [0, 0.1) is 17.8 Å². The van der Waals surface area contributed by atoms with Gasteiger partial charge in [0, 0.05) is 24.1 Å². The minimum atomic E-state index is -0.357.